The molecule has 0 radical (unpaired) electrons. The average molecular weight is 378 g/mol. The summed E-state index contributed by atoms with van der Waals surface area (Å²) in [6, 6.07) is 6.91. The molecule has 2 N–H and O–H groups in total. The van der Waals surface area contributed by atoms with Crippen LogP contribution in [0.5, 0.6) is 11.6 Å². The minimum atomic E-state index is 0.454. The summed E-state index contributed by atoms with van der Waals surface area (Å²) in [5, 5.41) is 0.454. The van der Waals surface area contributed by atoms with Crippen molar-refractivity contribution in [1.82, 2.24) is 4.98 Å². The Hall–Kier alpha value is -0.780. The maximum Gasteiger partial charge on any atom is 0.233 e. The van der Waals surface area contributed by atoms with Crippen molar-refractivity contribution < 1.29 is 4.74 Å². The molecular formula is C11H7Br2ClN2O. The van der Waals surface area contributed by atoms with Crippen LogP contribution in [0.2, 0.25) is 5.02 Å². The second-order valence-electron chi connectivity index (χ2n) is 3.23. The van der Waals surface area contributed by atoms with Crippen LogP contribution in [-0.2, 0) is 0 Å². The lowest BCUT2D eigenvalue weighted by atomic mass is 10.3. The molecule has 1 aromatic carbocycles. The SMILES string of the molecule is Nc1ccc(Oc2ncc(Br)cc2Br)cc1Cl. The van der Waals surface area contributed by atoms with Gasteiger partial charge in [-0.2, -0.15) is 0 Å². The number of hydrogen-bond acceptors (Lipinski definition) is 3. The Morgan fingerprint density at radius 2 is 2.00 bits per heavy atom. The molecule has 0 aliphatic carbocycles. The van der Waals surface area contributed by atoms with Gasteiger partial charge in [-0.3, -0.25) is 0 Å². The molecule has 0 atom stereocenters. The largest absolute Gasteiger partial charge is 0.438 e. The van der Waals surface area contributed by atoms with E-state index in [-0.39, 0.29) is 0 Å². The van der Waals surface area contributed by atoms with Crippen LogP contribution in [0.4, 0.5) is 5.69 Å². The topological polar surface area (TPSA) is 48.1 Å². The number of pyridine rings is 1. The Morgan fingerprint density at radius 3 is 2.65 bits per heavy atom. The smallest absolute Gasteiger partial charge is 0.233 e. The summed E-state index contributed by atoms with van der Waals surface area (Å²) in [5.74, 6) is 1.05. The second-order valence-corrected chi connectivity index (χ2v) is 5.40. The molecule has 0 saturated heterocycles. The minimum Gasteiger partial charge on any atom is -0.438 e. The molecule has 0 spiro atoms. The van der Waals surface area contributed by atoms with E-state index in [1.807, 2.05) is 6.07 Å². The van der Waals surface area contributed by atoms with E-state index in [1.54, 1.807) is 24.4 Å². The van der Waals surface area contributed by atoms with Crippen molar-refractivity contribution in [3.63, 3.8) is 0 Å². The van der Waals surface area contributed by atoms with Crippen LogP contribution >= 0.6 is 43.5 Å². The van der Waals surface area contributed by atoms with Crippen molar-refractivity contribution in [2.45, 2.75) is 0 Å². The number of aromatic nitrogens is 1. The highest BCUT2D eigenvalue weighted by Gasteiger charge is 2.06. The highest BCUT2D eigenvalue weighted by atomic mass is 79.9. The Bertz CT molecular complexity index is 563. The van der Waals surface area contributed by atoms with E-state index in [0.29, 0.717) is 22.3 Å². The van der Waals surface area contributed by atoms with Crippen LogP contribution in [0.25, 0.3) is 0 Å². The van der Waals surface area contributed by atoms with E-state index >= 15 is 0 Å². The van der Waals surface area contributed by atoms with Gasteiger partial charge in [-0.15, -0.1) is 0 Å². The first-order valence-electron chi connectivity index (χ1n) is 4.60. The second kappa shape index (κ2) is 5.25. The zero-order valence-corrected chi connectivity index (χ0v) is 12.4. The molecule has 2 aromatic rings. The van der Waals surface area contributed by atoms with Gasteiger partial charge >= 0.3 is 0 Å². The summed E-state index contributed by atoms with van der Waals surface area (Å²) in [5.41, 5.74) is 6.13. The zero-order valence-electron chi connectivity index (χ0n) is 8.45. The predicted molar refractivity (Wildman–Crippen MR) is 75.6 cm³/mol. The maximum absolute atomic E-state index is 5.90. The number of benzene rings is 1. The number of nitrogens with zero attached hydrogens (tertiary/aromatic N) is 1. The van der Waals surface area contributed by atoms with Gasteiger partial charge in [0.25, 0.3) is 0 Å². The van der Waals surface area contributed by atoms with E-state index in [1.165, 1.54) is 0 Å². The quantitative estimate of drug-likeness (QED) is 0.775. The summed E-state index contributed by atoms with van der Waals surface area (Å²) in [4.78, 5) is 4.13. The standard InChI is InChI=1S/C11H7Br2ClN2O/c12-6-3-8(13)11(16-5-6)17-7-1-2-10(15)9(14)4-7/h1-5H,15H2. The molecule has 0 bridgehead atoms. The van der Waals surface area contributed by atoms with Gasteiger partial charge in [0.15, 0.2) is 0 Å². The Morgan fingerprint density at radius 1 is 1.24 bits per heavy atom. The third-order valence-electron chi connectivity index (χ3n) is 1.96. The summed E-state index contributed by atoms with van der Waals surface area (Å²) in [7, 11) is 0. The highest BCUT2D eigenvalue weighted by molar-refractivity contribution is 9.11. The van der Waals surface area contributed by atoms with Crippen molar-refractivity contribution in [1.29, 1.82) is 0 Å². The van der Waals surface area contributed by atoms with Gasteiger partial charge in [0.05, 0.1) is 15.2 Å². The van der Waals surface area contributed by atoms with Crippen LogP contribution in [0.15, 0.2) is 39.4 Å². The van der Waals surface area contributed by atoms with E-state index in [9.17, 15) is 0 Å². The first-order valence-corrected chi connectivity index (χ1v) is 6.56. The van der Waals surface area contributed by atoms with E-state index < -0.39 is 0 Å². The monoisotopic (exact) mass is 376 g/mol. The molecule has 1 aromatic heterocycles. The summed E-state index contributed by atoms with van der Waals surface area (Å²) >= 11 is 12.6. The van der Waals surface area contributed by atoms with Gasteiger partial charge in [-0.25, -0.2) is 4.98 Å². The fourth-order valence-electron chi connectivity index (χ4n) is 1.16. The van der Waals surface area contributed by atoms with Crippen molar-refractivity contribution >= 4 is 49.1 Å². The Labute approximate surface area is 120 Å². The molecular weight excluding hydrogens is 371 g/mol. The van der Waals surface area contributed by atoms with Crippen LogP contribution in [0.3, 0.4) is 0 Å². The summed E-state index contributed by atoms with van der Waals surface area (Å²) < 4.78 is 7.20. The number of nitrogens with two attached hydrogens (primary N) is 1. The normalized spacial score (nSPS) is 10.3. The van der Waals surface area contributed by atoms with Crippen LogP contribution in [0.1, 0.15) is 0 Å². The lowest BCUT2D eigenvalue weighted by Gasteiger charge is -2.07. The number of hydrogen-bond donors (Lipinski definition) is 1. The van der Waals surface area contributed by atoms with Crippen molar-refractivity contribution in [2.24, 2.45) is 0 Å². The lowest BCUT2D eigenvalue weighted by Crippen LogP contribution is -1.91. The number of anilines is 1. The highest BCUT2D eigenvalue weighted by Crippen LogP contribution is 2.31. The predicted octanol–water partition coefficient (Wildman–Crippen LogP) is 4.63. The molecule has 0 amide bonds. The number of rotatable bonds is 2. The van der Waals surface area contributed by atoms with Gasteiger partial charge < -0.3 is 10.5 Å². The van der Waals surface area contributed by atoms with Crippen molar-refractivity contribution in [3.8, 4) is 11.6 Å². The molecule has 0 fully saturated rings. The van der Waals surface area contributed by atoms with Crippen molar-refractivity contribution in [2.75, 3.05) is 5.73 Å². The Balaban J connectivity index is 2.28. The molecule has 6 heteroatoms. The zero-order chi connectivity index (χ0) is 12.4. The van der Waals surface area contributed by atoms with Crippen LogP contribution < -0.4 is 10.5 Å². The molecule has 88 valence electrons. The molecule has 0 unspecified atom stereocenters. The van der Waals surface area contributed by atoms with Gasteiger partial charge in [-0.05, 0) is 50.1 Å². The molecule has 0 aliphatic heterocycles. The van der Waals surface area contributed by atoms with Gasteiger partial charge in [0, 0.05) is 16.7 Å². The van der Waals surface area contributed by atoms with E-state index in [0.717, 1.165) is 8.95 Å². The fourth-order valence-corrected chi connectivity index (χ4v) is 2.40. The maximum atomic E-state index is 5.90. The van der Waals surface area contributed by atoms with Crippen molar-refractivity contribution in [3.05, 3.63) is 44.4 Å². The van der Waals surface area contributed by atoms with E-state index in [2.05, 4.69) is 36.8 Å². The molecule has 2 rings (SSSR count). The molecule has 1 heterocycles. The third-order valence-corrected chi connectivity index (χ3v) is 3.29. The summed E-state index contributed by atoms with van der Waals surface area (Å²) in [6.45, 7) is 0. The van der Waals surface area contributed by atoms with E-state index in [4.69, 9.17) is 22.1 Å². The number of ether oxygens (including phenoxy) is 1. The number of nitrogen functional groups attached to an aromatic ring is 1. The fraction of sp³-hybridized carbons (Fsp3) is 0. The van der Waals surface area contributed by atoms with Gasteiger partial charge in [0.1, 0.15) is 5.75 Å². The molecule has 17 heavy (non-hydrogen) atoms. The molecule has 3 nitrogen and oxygen atoms in total. The first kappa shape index (κ1) is 12.7. The number of halogens is 3. The lowest BCUT2D eigenvalue weighted by molar-refractivity contribution is 0.459. The average Bonchev–Trinajstić information content (AvgIpc) is 2.27. The van der Waals surface area contributed by atoms with Crippen LogP contribution in [0, 0.1) is 0 Å². The van der Waals surface area contributed by atoms with Gasteiger partial charge in [0.2, 0.25) is 5.88 Å². The third kappa shape index (κ3) is 3.12. The first-order chi connectivity index (χ1) is 8.06. The Kier molecular flexibility index (Phi) is 3.91. The summed E-state index contributed by atoms with van der Waals surface area (Å²) in [6.07, 6.45) is 1.65. The van der Waals surface area contributed by atoms with Crippen LogP contribution in [-0.4, -0.2) is 4.98 Å². The minimum absolute atomic E-state index is 0.454. The molecule has 0 saturated carbocycles. The van der Waals surface area contributed by atoms with Gasteiger partial charge in [-0.1, -0.05) is 11.6 Å². The molecule has 0 aliphatic rings.